The van der Waals surface area contributed by atoms with E-state index in [1.165, 1.54) is 6.07 Å². The van der Waals surface area contributed by atoms with Crippen molar-refractivity contribution in [3.8, 4) is 11.5 Å². The number of rotatable bonds is 5. The molecule has 1 N–H and O–H groups in total. The van der Waals surface area contributed by atoms with Crippen LogP contribution in [-0.2, 0) is 0 Å². The maximum Gasteiger partial charge on any atom is 0.264 e. The Hall–Kier alpha value is -2.21. The Morgan fingerprint density at radius 1 is 1.18 bits per heavy atom. The van der Waals surface area contributed by atoms with Crippen LogP contribution in [0, 0.1) is 6.92 Å². The minimum atomic E-state index is -0.203. The molecule has 0 amide bonds. The van der Waals surface area contributed by atoms with E-state index in [1.54, 1.807) is 26.0 Å². The van der Waals surface area contributed by atoms with Crippen LogP contribution < -0.4 is 15.0 Å². The fourth-order valence-corrected chi connectivity index (χ4v) is 2.67. The summed E-state index contributed by atoms with van der Waals surface area (Å²) in [5.74, 6) is 1.41. The van der Waals surface area contributed by atoms with Crippen LogP contribution in [0.15, 0.2) is 27.9 Å². The summed E-state index contributed by atoms with van der Waals surface area (Å²) in [6, 6.07) is 5.44. The zero-order chi connectivity index (χ0) is 16.1. The smallest absolute Gasteiger partial charge is 0.264 e. The first kappa shape index (κ1) is 16.2. The predicted octanol–water partition coefficient (Wildman–Crippen LogP) is 2.99. The zero-order valence-electron chi connectivity index (χ0n) is 13.0. The van der Waals surface area contributed by atoms with Gasteiger partial charge in [0.25, 0.3) is 5.56 Å². The van der Waals surface area contributed by atoms with Crippen molar-refractivity contribution in [2.45, 2.75) is 11.8 Å². The lowest BCUT2D eigenvalue weighted by molar-refractivity contribution is 0.348. The lowest BCUT2D eigenvalue weighted by Crippen LogP contribution is -2.08. The van der Waals surface area contributed by atoms with Gasteiger partial charge < -0.3 is 9.47 Å². The van der Waals surface area contributed by atoms with Crippen molar-refractivity contribution < 1.29 is 9.47 Å². The van der Waals surface area contributed by atoms with E-state index in [9.17, 15) is 4.79 Å². The fourth-order valence-electron chi connectivity index (χ4n) is 2.05. The summed E-state index contributed by atoms with van der Waals surface area (Å²) < 4.78 is 10.8. The van der Waals surface area contributed by atoms with Crippen LogP contribution in [0.2, 0.25) is 0 Å². The first-order valence-corrected chi connectivity index (χ1v) is 7.86. The van der Waals surface area contributed by atoms with E-state index in [1.807, 2.05) is 37.5 Å². The van der Waals surface area contributed by atoms with Gasteiger partial charge in [-0.05, 0) is 42.5 Å². The molecule has 0 atom stereocenters. The highest BCUT2D eigenvalue weighted by atomic mass is 32.2. The minimum Gasteiger partial charge on any atom is -0.493 e. The number of aryl methyl sites for hydroxylation is 1. The summed E-state index contributed by atoms with van der Waals surface area (Å²) in [4.78, 5) is 12.2. The Morgan fingerprint density at radius 3 is 2.55 bits per heavy atom. The third kappa shape index (κ3) is 3.51. The first-order valence-electron chi connectivity index (χ1n) is 6.63. The third-order valence-electron chi connectivity index (χ3n) is 3.16. The molecule has 0 saturated heterocycles. The van der Waals surface area contributed by atoms with Gasteiger partial charge in [0.2, 0.25) is 0 Å². The third-order valence-corrected chi connectivity index (χ3v) is 3.90. The van der Waals surface area contributed by atoms with Crippen LogP contribution in [0.4, 0.5) is 0 Å². The van der Waals surface area contributed by atoms with Crippen molar-refractivity contribution in [3.63, 3.8) is 0 Å². The van der Waals surface area contributed by atoms with E-state index in [0.717, 1.165) is 27.5 Å². The number of aromatic nitrogens is 2. The van der Waals surface area contributed by atoms with E-state index in [4.69, 9.17) is 9.47 Å². The fraction of sp³-hybridized carbons (Fsp3) is 0.250. The summed E-state index contributed by atoms with van der Waals surface area (Å²) in [5, 5.41) is 6.46. The molecule has 116 valence electrons. The summed E-state index contributed by atoms with van der Waals surface area (Å²) in [6.45, 7) is 1.85. The molecule has 0 aliphatic carbocycles. The summed E-state index contributed by atoms with van der Waals surface area (Å²) in [7, 11) is 3.24. The van der Waals surface area contributed by atoms with Crippen molar-refractivity contribution >= 4 is 23.9 Å². The molecule has 5 nitrogen and oxygen atoms in total. The van der Waals surface area contributed by atoms with Crippen LogP contribution in [-0.4, -0.2) is 30.7 Å². The molecule has 22 heavy (non-hydrogen) atoms. The van der Waals surface area contributed by atoms with Crippen molar-refractivity contribution in [3.05, 3.63) is 45.4 Å². The topological polar surface area (TPSA) is 64.2 Å². The number of methoxy groups -OCH3 is 2. The van der Waals surface area contributed by atoms with Gasteiger partial charge in [-0.1, -0.05) is 6.08 Å². The number of thioether (sulfide) groups is 1. The molecule has 0 unspecified atom stereocenters. The zero-order valence-corrected chi connectivity index (χ0v) is 13.8. The molecule has 0 bridgehead atoms. The minimum absolute atomic E-state index is 0.203. The van der Waals surface area contributed by atoms with Gasteiger partial charge >= 0.3 is 0 Å². The summed E-state index contributed by atoms with van der Waals surface area (Å²) in [5.41, 5.74) is 2.31. The molecule has 1 aromatic heterocycles. The Kier molecular flexibility index (Phi) is 5.27. The molecule has 0 saturated carbocycles. The molecule has 6 heteroatoms. The summed E-state index contributed by atoms with van der Waals surface area (Å²) in [6.07, 6.45) is 5.77. The summed E-state index contributed by atoms with van der Waals surface area (Å²) >= 11 is 1.59. The number of nitrogens with one attached hydrogen (secondary N) is 1. The van der Waals surface area contributed by atoms with Crippen LogP contribution in [0.1, 0.15) is 16.8 Å². The van der Waals surface area contributed by atoms with Gasteiger partial charge in [0.15, 0.2) is 11.5 Å². The van der Waals surface area contributed by atoms with Gasteiger partial charge in [0.05, 0.1) is 24.8 Å². The molecular formula is C16H18N2O3S. The van der Waals surface area contributed by atoms with Crippen molar-refractivity contribution in [2.75, 3.05) is 20.5 Å². The number of H-pyrrole nitrogens is 1. The highest BCUT2D eigenvalue weighted by Crippen LogP contribution is 2.38. The maximum absolute atomic E-state index is 11.2. The van der Waals surface area contributed by atoms with Crippen LogP contribution in [0.25, 0.3) is 12.2 Å². The molecule has 0 spiro atoms. The SMILES string of the molecule is COc1cc(/C=C/c2n[nH]c(=O)cc2C)cc(SC)c1OC. The number of ether oxygens (including phenoxy) is 2. The number of nitrogens with zero attached hydrogens (tertiary/aromatic N) is 1. The normalized spacial score (nSPS) is 10.9. The van der Waals surface area contributed by atoms with Gasteiger partial charge in [0.1, 0.15) is 0 Å². The van der Waals surface area contributed by atoms with Crippen LogP contribution in [0.5, 0.6) is 11.5 Å². The predicted molar refractivity (Wildman–Crippen MR) is 89.8 cm³/mol. The van der Waals surface area contributed by atoms with Crippen molar-refractivity contribution in [1.82, 2.24) is 10.2 Å². The average molecular weight is 318 g/mol. The van der Waals surface area contributed by atoms with Crippen molar-refractivity contribution in [1.29, 1.82) is 0 Å². The molecule has 1 aromatic carbocycles. The second kappa shape index (κ2) is 7.17. The molecule has 0 radical (unpaired) electrons. The highest BCUT2D eigenvalue weighted by Gasteiger charge is 2.10. The molecule has 2 rings (SSSR count). The number of benzene rings is 1. The van der Waals surface area contributed by atoms with E-state index >= 15 is 0 Å². The van der Waals surface area contributed by atoms with E-state index in [-0.39, 0.29) is 5.56 Å². The lowest BCUT2D eigenvalue weighted by Gasteiger charge is -2.12. The van der Waals surface area contributed by atoms with Crippen molar-refractivity contribution in [2.24, 2.45) is 0 Å². The second-order valence-electron chi connectivity index (χ2n) is 4.59. The molecule has 0 aliphatic heterocycles. The first-order chi connectivity index (χ1) is 10.6. The Balaban J connectivity index is 2.40. The molecular weight excluding hydrogens is 300 g/mol. The Labute approximate surface area is 133 Å². The number of hydrogen-bond acceptors (Lipinski definition) is 5. The van der Waals surface area contributed by atoms with Gasteiger partial charge in [-0.15, -0.1) is 11.8 Å². The second-order valence-corrected chi connectivity index (χ2v) is 5.44. The molecule has 1 heterocycles. The van der Waals surface area contributed by atoms with Gasteiger partial charge in [-0.25, -0.2) is 5.10 Å². The van der Waals surface area contributed by atoms with E-state index in [2.05, 4.69) is 10.2 Å². The maximum atomic E-state index is 11.2. The standard InChI is InChI=1S/C16H18N2O3S/c1-10-7-15(19)18-17-12(10)6-5-11-8-13(20-2)16(21-3)14(9-11)22-4/h5-9H,1-4H3,(H,18,19)/b6-5+. The quantitative estimate of drug-likeness (QED) is 0.859. The molecule has 2 aromatic rings. The van der Waals surface area contributed by atoms with Gasteiger partial charge in [0, 0.05) is 6.07 Å². The van der Waals surface area contributed by atoms with Gasteiger partial charge in [-0.2, -0.15) is 5.10 Å². The Bertz CT molecular complexity index is 728. The highest BCUT2D eigenvalue weighted by molar-refractivity contribution is 7.98. The van der Waals surface area contributed by atoms with Crippen LogP contribution in [0.3, 0.4) is 0 Å². The largest absolute Gasteiger partial charge is 0.493 e. The number of aromatic amines is 1. The van der Waals surface area contributed by atoms with E-state index in [0.29, 0.717) is 5.75 Å². The molecule has 0 aliphatic rings. The number of hydrogen-bond donors (Lipinski definition) is 1. The lowest BCUT2D eigenvalue weighted by atomic mass is 10.1. The monoisotopic (exact) mass is 318 g/mol. The van der Waals surface area contributed by atoms with Crippen LogP contribution >= 0.6 is 11.8 Å². The Morgan fingerprint density at radius 2 is 1.95 bits per heavy atom. The molecule has 0 fully saturated rings. The average Bonchev–Trinajstić information content (AvgIpc) is 2.52. The van der Waals surface area contributed by atoms with Gasteiger partial charge in [-0.3, -0.25) is 4.79 Å². The van der Waals surface area contributed by atoms with E-state index < -0.39 is 0 Å².